The van der Waals surface area contributed by atoms with Crippen LogP contribution in [0.2, 0.25) is 0 Å². The van der Waals surface area contributed by atoms with Crippen molar-refractivity contribution in [1.29, 1.82) is 0 Å². The molecule has 1 aliphatic carbocycles. The highest BCUT2D eigenvalue weighted by atomic mass is 16.5. The molecule has 2 N–H and O–H groups in total. The summed E-state index contributed by atoms with van der Waals surface area (Å²) in [7, 11) is 0. The zero-order valence-corrected chi connectivity index (χ0v) is 7.80. The number of amides is 1. The number of aliphatic hydroxyl groups is 1. The maximum atomic E-state index is 11.2. The van der Waals surface area contributed by atoms with Crippen LogP contribution in [0.15, 0.2) is 0 Å². The summed E-state index contributed by atoms with van der Waals surface area (Å²) in [6.45, 7) is 2.45. The lowest BCUT2D eigenvalue weighted by Gasteiger charge is -2.43. The number of nitrogens with one attached hydrogen (secondary N) is 1. The SMILES string of the molecule is CCC(=O)NC12COC(CO)(C1)C2. The van der Waals surface area contributed by atoms with Gasteiger partial charge in [-0.1, -0.05) is 6.92 Å². The molecular weight excluding hydrogens is 170 g/mol. The number of fused-ring (bicyclic) bond motifs is 1. The van der Waals surface area contributed by atoms with Crippen LogP contribution in [0.25, 0.3) is 0 Å². The molecule has 0 spiro atoms. The summed E-state index contributed by atoms with van der Waals surface area (Å²) in [5.74, 6) is 0.0667. The Morgan fingerprint density at radius 3 is 2.77 bits per heavy atom. The van der Waals surface area contributed by atoms with Gasteiger partial charge in [0, 0.05) is 19.3 Å². The van der Waals surface area contributed by atoms with Crippen molar-refractivity contribution < 1.29 is 14.6 Å². The van der Waals surface area contributed by atoms with Crippen LogP contribution in [0.5, 0.6) is 0 Å². The number of hydrogen-bond acceptors (Lipinski definition) is 3. The molecule has 3 fully saturated rings. The number of carbonyl (C=O) groups is 1. The zero-order valence-electron chi connectivity index (χ0n) is 7.80. The average molecular weight is 185 g/mol. The Morgan fingerprint density at radius 1 is 1.62 bits per heavy atom. The quantitative estimate of drug-likeness (QED) is 0.640. The van der Waals surface area contributed by atoms with E-state index in [0.717, 1.165) is 12.8 Å². The fourth-order valence-electron chi connectivity index (χ4n) is 2.34. The molecule has 0 atom stereocenters. The van der Waals surface area contributed by atoms with Crippen LogP contribution in [0.3, 0.4) is 0 Å². The van der Waals surface area contributed by atoms with Crippen LogP contribution in [0.4, 0.5) is 0 Å². The van der Waals surface area contributed by atoms with Crippen LogP contribution >= 0.6 is 0 Å². The van der Waals surface area contributed by atoms with E-state index in [1.807, 2.05) is 6.92 Å². The third kappa shape index (κ3) is 1.25. The highest BCUT2D eigenvalue weighted by Gasteiger charge is 2.62. The Morgan fingerprint density at radius 2 is 2.31 bits per heavy atom. The molecule has 0 unspecified atom stereocenters. The van der Waals surface area contributed by atoms with Crippen LogP contribution in [-0.4, -0.2) is 35.4 Å². The molecule has 4 nitrogen and oxygen atoms in total. The Hall–Kier alpha value is -0.610. The normalized spacial score (nSPS) is 41.4. The molecule has 4 heteroatoms. The highest BCUT2D eigenvalue weighted by Crippen LogP contribution is 2.51. The van der Waals surface area contributed by atoms with Gasteiger partial charge in [0.2, 0.25) is 5.91 Å². The van der Waals surface area contributed by atoms with E-state index in [0.29, 0.717) is 13.0 Å². The van der Waals surface area contributed by atoms with Crippen molar-refractivity contribution in [2.24, 2.45) is 0 Å². The van der Waals surface area contributed by atoms with Crippen molar-refractivity contribution in [3.63, 3.8) is 0 Å². The summed E-state index contributed by atoms with van der Waals surface area (Å²) in [4.78, 5) is 11.2. The first-order valence-electron chi connectivity index (χ1n) is 4.70. The molecule has 2 aliphatic heterocycles. The molecule has 1 saturated carbocycles. The summed E-state index contributed by atoms with van der Waals surface area (Å²) < 4.78 is 5.45. The van der Waals surface area contributed by atoms with Gasteiger partial charge in [0.25, 0.3) is 0 Å². The lowest BCUT2D eigenvalue weighted by molar-refractivity contribution is -0.124. The molecule has 13 heavy (non-hydrogen) atoms. The fourth-order valence-corrected chi connectivity index (χ4v) is 2.34. The second-order valence-corrected chi connectivity index (χ2v) is 4.17. The molecule has 3 aliphatic rings. The van der Waals surface area contributed by atoms with Gasteiger partial charge in [-0.3, -0.25) is 4.79 Å². The van der Waals surface area contributed by atoms with Crippen molar-refractivity contribution in [2.45, 2.75) is 37.3 Å². The minimum absolute atomic E-state index is 0.0662. The standard InChI is InChI=1S/C9H15NO3/c1-2-7(12)10-8-3-9(4-8,5-11)13-6-8/h11H,2-6H2,1H3,(H,10,12). The number of rotatable bonds is 3. The summed E-state index contributed by atoms with van der Waals surface area (Å²) in [6.07, 6.45) is 2.04. The molecule has 2 bridgehead atoms. The Bertz CT molecular complexity index is 233. The van der Waals surface area contributed by atoms with Gasteiger partial charge in [-0.25, -0.2) is 0 Å². The molecule has 0 aromatic carbocycles. The summed E-state index contributed by atoms with van der Waals surface area (Å²) >= 11 is 0. The summed E-state index contributed by atoms with van der Waals surface area (Å²) in [5.41, 5.74) is -0.489. The van der Waals surface area contributed by atoms with E-state index in [1.165, 1.54) is 0 Å². The van der Waals surface area contributed by atoms with Crippen molar-refractivity contribution in [1.82, 2.24) is 5.32 Å². The summed E-state index contributed by atoms with van der Waals surface area (Å²) in [5, 5.41) is 12.0. The van der Waals surface area contributed by atoms with Gasteiger partial charge in [0.15, 0.2) is 0 Å². The molecule has 0 radical (unpaired) electrons. The Balaban J connectivity index is 1.94. The largest absolute Gasteiger partial charge is 0.393 e. The fraction of sp³-hybridized carbons (Fsp3) is 0.889. The molecular formula is C9H15NO3. The van der Waals surface area contributed by atoms with E-state index in [1.54, 1.807) is 0 Å². The molecule has 3 rings (SSSR count). The topological polar surface area (TPSA) is 58.6 Å². The van der Waals surface area contributed by atoms with Gasteiger partial charge in [0.1, 0.15) is 0 Å². The third-order valence-corrected chi connectivity index (χ3v) is 2.99. The first kappa shape index (κ1) is 8.97. The van der Waals surface area contributed by atoms with Crippen LogP contribution in [-0.2, 0) is 9.53 Å². The second kappa shape index (κ2) is 2.69. The first-order chi connectivity index (χ1) is 6.14. The number of aliphatic hydroxyl groups excluding tert-OH is 1. The van der Waals surface area contributed by atoms with Gasteiger partial charge in [-0.2, -0.15) is 0 Å². The van der Waals surface area contributed by atoms with E-state index in [9.17, 15) is 4.79 Å². The number of carbonyl (C=O) groups excluding carboxylic acids is 1. The van der Waals surface area contributed by atoms with Gasteiger partial charge in [-0.15, -0.1) is 0 Å². The Labute approximate surface area is 77.3 Å². The molecule has 74 valence electrons. The number of ether oxygens (including phenoxy) is 1. The van der Waals surface area contributed by atoms with E-state index >= 15 is 0 Å². The minimum Gasteiger partial charge on any atom is -0.393 e. The van der Waals surface area contributed by atoms with E-state index < -0.39 is 0 Å². The van der Waals surface area contributed by atoms with Crippen LogP contribution < -0.4 is 5.32 Å². The maximum Gasteiger partial charge on any atom is 0.220 e. The molecule has 0 aromatic rings. The van der Waals surface area contributed by atoms with Crippen molar-refractivity contribution >= 4 is 5.91 Å². The van der Waals surface area contributed by atoms with E-state index in [-0.39, 0.29) is 23.7 Å². The molecule has 1 amide bonds. The smallest absolute Gasteiger partial charge is 0.220 e. The molecule has 0 aromatic heterocycles. The predicted molar refractivity (Wildman–Crippen MR) is 46.2 cm³/mol. The third-order valence-electron chi connectivity index (χ3n) is 2.99. The number of hydrogen-bond donors (Lipinski definition) is 2. The summed E-state index contributed by atoms with van der Waals surface area (Å²) in [6, 6.07) is 0. The first-order valence-corrected chi connectivity index (χ1v) is 4.70. The Kier molecular flexibility index (Phi) is 1.85. The minimum atomic E-state index is -0.332. The lowest BCUT2D eigenvalue weighted by Crippen LogP contribution is -2.60. The van der Waals surface area contributed by atoms with Gasteiger partial charge >= 0.3 is 0 Å². The van der Waals surface area contributed by atoms with Gasteiger partial charge in [-0.05, 0) is 0 Å². The molecule has 2 saturated heterocycles. The molecule has 2 heterocycles. The second-order valence-electron chi connectivity index (χ2n) is 4.17. The van der Waals surface area contributed by atoms with E-state index in [2.05, 4.69) is 5.32 Å². The van der Waals surface area contributed by atoms with Crippen molar-refractivity contribution in [3.8, 4) is 0 Å². The van der Waals surface area contributed by atoms with Crippen molar-refractivity contribution in [3.05, 3.63) is 0 Å². The van der Waals surface area contributed by atoms with Crippen molar-refractivity contribution in [2.75, 3.05) is 13.2 Å². The highest BCUT2D eigenvalue weighted by molar-refractivity contribution is 5.76. The zero-order chi connectivity index (χ0) is 9.53. The predicted octanol–water partition coefficient (Wildman–Crippen LogP) is -0.194. The van der Waals surface area contributed by atoms with Crippen LogP contribution in [0, 0.1) is 0 Å². The monoisotopic (exact) mass is 185 g/mol. The van der Waals surface area contributed by atoms with Crippen LogP contribution in [0.1, 0.15) is 26.2 Å². The lowest BCUT2D eigenvalue weighted by atomic mass is 9.69. The average Bonchev–Trinajstić information content (AvgIpc) is 2.59. The van der Waals surface area contributed by atoms with Gasteiger partial charge in [0.05, 0.1) is 24.4 Å². The van der Waals surface area contributed by atoms with Gasteiger partial charge < -0.3 is 15.2 Å². The maximum absolute atomic E-state index is 11.2. The van der Waals surface area contributed by atoms with E-state index in [4.69, 9.17) is 9.84 Å².